The van der Waals surface area contributed by atoms with Gasteiger partial charge in [0.1, 0.15) is 11.9 Å². The van der Waals surface area contributed by atoms with Crippen molar-refractivity contribution in [1.29, 1.82) is 0 Å². The normalized spacial score (nSPS) is 21.6. The Morgan fingerprint density at radius 1 is 1.18 bits per heavy atom. The zero-order valence-corrected chi connectivity index (χ0v) is 12.4. The summed E-state index contributed by atoms with van der Waals surface area (Å²) in [5.74, 6) is 0.250. The zero-order chi connectivity index (χ0) is 15.9. The average molecular weight is 299 g/mol. The van der Waals surface area contributed by atoms with E-state index in [-0.39, 0.29) is 5.91 Å². The smallest absolute Gasteiger partial charge is 0.256 e. The fraction of sp³-hybridized carbons (Fsp3) is 0.235. The minimum absolute atomic E-state index is 0.319. The lowest BCUT2D eigenvalue weighted by molar-refractivity contribution is -0.157. The Morgan fingerprint density at radius 3 is 2.64 bits per heavy atom. The highest BCUT2D eigenvalue weighted by molar-refractivity contribution is 5.99. The molecule has 1 aliphatic rings. The van der Waals surface area contributed by atoms with Crippen molar-refractivity contribution in [1.82, 2.24) is 4.90 Å². The lowest BCUT2D eigenvalue weighted by Crippen LogP contribution is -2.45. The molecule has 0 spiro atoms. The summed E-state index contributed by atoms with van der Waals surface area (Å²) >= 11 is 0. The second kappa shape index (κ2) is 5.12. The molecule has 0 aromatic heterocycles. The third-order valence-corrected chi connectivity index (χ3v) is 4.16. The molecule has 5 heteroatoms. The van der Waals surface area contributed by atoms with Crippen molar-refractivity contribution >= 4 is 5.91 Å². The van der Waals surface area contributed by atoms with Crippen molar-refractivity contribution in [2.75, 3.05) is 14.2 Å². The Kier molecular flexibility index (Phi) is 3.39. The minimum Gasteiger partial charge on any atom is -0.497 e. The molecular formula is C17H17NO4. The number of rotatable bonds is 3. The molecule has 3 rings (SSSR count). The lowest BCUT2D eigenvalue weighted by atomic mass is 9.91. The molecule has 0 unspecified atom stereocenters. The molecule has 0 saturated heterocycles. The highest BCUT2D eigenvalue weighted by atomic mass is 16.5. The Labute approximate surface area is 128 Å². The molecule has 0 saturated carbocycles. The van der Waals surface area contributed by atoms with Crippen LogP contribution in [0.2, 0.25) is 0 Å². The largest absolute Gasteiger partial charge is 0.497 e. The van der Waals surface area contributed by atoms with Crippen LogP contribution < -0.4 is 4.74 Å². The number of aliphatic hydroxyl groups is 2. The molecule has 1 amide bonds. The van der Waals surface area contributed by atoms with Crippen LogP contribution in [0.25, 0.3) is 0 Å². The monoisotopic (exact) mass is 299 g/mol. The number of aliphatic hydroxyl groups excluding tert-OH is 1. The number of hydrogen-bond acceptors (Lipinski definition) is 4. The van der Waals surface area contributed by atoms with Crippen molar-refractivity contribution in [3.8, 4) is 5.75 Å². The van der Waals surface area contributed by atoms with E-state index in [9.17, 15) is 15.0 Å². The third-order valence-electron chi connectivity index (χ3n) is 4.16. The maximum absolute atomic E-state index is 12.3. The van der Waals surface area contributed by atoms with Crippen LogP contribution in [-0.2, 0) is 5.72 Å². The first-order valence-corrected chi connectivity index (χ1v) is 6.92. The van der Waals surface area contributed by atoms with Gasteiger partial charge in [0.25, 0.3) is 5.91 Å². The minimum atomic E-state index is -1.81. The Morgan fingerprint density at radius 2 is 1.91 bits per heavy atom. The van der Waals surface area contributed by atoms with Gasteiger partial charge in [0.15, 0.2) is 5.72 Å². The summed E-state index contributed by atoms with van der Waals surface area (Å²) in [5.41, 5.74) is -0.537. The average Bonchev–Trinajstić information content (AvgIpc) is 2.77. The SMILES string of the molecule is COc1cccc([C@H](O)[C@@]2(O)c3ccccc3C(=O)N2C)c1. The summed E-state index contributed by atoms with van der Waals surface area (Å²) in [4.78, 5) is 13.5. The summed E-state index contributed by atoms with van der Waals surface area (Å²) in [6.45, 7) is 0. The van der Waals surface area contributed by atoms with E-state index in [2.05, 4.69) is 0 Å². The van der Waals surface area contributed by atoms with Crippen molar-refractivity contribution in [2.45, 2.75) is 11.8 Å². The van der Waals surface area contributed by atoms with Gasteiger partial charge in [-0.05, 0) is 23.8 Å². The van der Waals surface area contributed by atoms with Crippen LogP contribution in [-0.4, -0.2) is 35.2 Å². The van der Waals surface area contributed by atoms with E-state index in [4.69, 9.17) is 4.74 Å². The molecule has 2 aromatic carbocycles. The van der Waals surface area contributed by atoms with E-state index in [1.807, 2.05) is 0 Å². The van der Waals surface area contributed by atoms with Crippen LogP contribution in [0.15, 0.2) is 48.5 Å². The van der Waals surface area contributed by atoms with Crippen LogP contribution in [0, 0.1) is 0 Å². The third kappa shape index (κ3) is 1.90. The fourth-order valence-electron chi connectivity index (χ4n) is 2.88. The van der Waals surface area contributed by atoms with Gasteiger partial charge in [-0.25, -0.2) is 0 Å². The highest BCUT2D eigenvalue weighted by Crippen LogP contribution is 2.44. The van der Waals surface area contributed by atoms with Crippen molar-refractivity contribution in [3.63, 3.8) is 0 Å². The number of methoxy groups -OCH3 is 1. The highest BCUT2D eigenvalue weighted by Gasteiger charge is 2.51. The summed E-state index contributed by atoms with van der Waals surface area (Å²) in [6.07, 6.45) is -1.29. The first-order chi connectivity index (χ1) is 10.5. The molecule has 2 atom stereocenters. The van der Waals surface area contributed by atoms with Crippen LogP contribution in [0.4, 0.5) is 0 Å². The van der Waals surface area contributed by atoms with E-state index in [1.54, 1.807) is 48.5 Å². The number of ether oxygens (including phenoxy) is 1. The van der Waals surface area contributed by atoms with Crippen molar-refractivity contribution in [3.05, 3.63) is 65.2 Å². The number of nitrogens with zero attached hydrogens (tertiary/aromatic N) is 1. The standard InChI is InChI=1S/C17H17NO4/c1-18-16(20)13-8-3-4-9-14(13)17(18,21)15(19)11-6-5-7-12(10-11)22-2/h3-10,15,19,21H,1-2H3/t15-,17-/m0/s1. The molecule has 2 aromatic rings. The summed E-state index contributed by atoms with van der Waals surface area (Å²) < 4.78 is 5.14. The second-order valence-electron chi connectivity index (χ2n) is 5.32. The number of fused-ring (bicyclic) bond motifs is 1. The topological polar surface area (TPSA) is 70.0 Å². The van der Waals surface area contributed by atoms with E-state index >= 15 is 0 Å². The Balaban J connectivity index is 2.11. The van der Waals surface area contributed by atoms with Crippen LogP contribution in [0.3, 0.4) is 0 Å². The van der Waals surface area contributed by atoms with E-state index in [0.29, 0.717) is 22.4 Å². The molecule has 1 heterocycles. The maximum Gasteiger partial charge on any atom is 0.256 e. The predicted octanol–water partition coefficient (Wildman–Crippen LogP) is 1.66. The zero-order valence-electron chi connectivity index (χ0n) is 12.4. The van der Waals surface area contributed by atoms with Crippen LogP contribution in [0.1, 0.15) is 27.6 Å². The first kappa shape index (κ1) is 14.6. The van der Waals surface area contributed by atoms with Gasteiger partial charge in [0.2, 0.25) is 0 Å². The van der Waals surface area contributed by atoms with Gasteiger partial charge in [-0.3, -0.25) is 4.79 Å². The van der Waals surface area contributed by atoms with Crippen LogP contribution >= 0.6 is 0 Å². The Bertz CT molecular complexity index is 730. The van der Waals surface area contributed by atoms with Gasteiger partial charge >= 0.3 is 0 Å². The van der Waals surface area contributed by atoms with Gasteiger partial charge in [0, 0.05) is 18.2 Å². The summed E-state index contributed by atoms with van der Waals surface area (Å²) in [5, 5.41) is 21.8. The quantitative estimate of drug-likeness (QED) is 0.904. The number of benzene rings is 2. The molecule has 0 aliphatic carbocycles. The molecule has 22 heavy (non-hydrogen) atoms. The van der Waals surface area contributed by atoms with Gasteiger partial charge in [-0.1, -0.05) is 30.3 Å². The van der Waals surface area contributed by atoms with E-state index in [1.165, 1.54) is 19.1 Å². The van der Waals surface area contributed by atoms with Crippen molar-refractivity contribution in [2.24, 2.45) is 0 Å². The molecule has 0 fully saturated rings. The van der Waals surface area contributed by atoms with E-state index < -0.39 is 11.8 Å². The number of carbonyl (C=O) groups is 1. The summed E-state index contributed by atoms with van der Waals surface area (Å²) in [6, 6.07) is 13.6. The molecule has 0 bridgehead atoms. The molecular weight excluding hydrogens is 282 g/mol. The molecule has 1 aliphatic heterocycles. The predicted molar refractivity (Wildman–Crippen MR) is 80.4 cm³/mol. The number of carbonyl (C=O) groups excluding carboxylic acids is 1. The van der Waals surface area contributed by atoms with Gasteiger partial charge in [-0.15, -0.1) is 0 Å². The van der Waals surface area contributed by atoms with E-state index in [0.717, 1.165) is 0 Å². The number of amides is 1. The lowest BCUT2D eigenvalue weighted by Gasteiger charge is -2.36. The number of likely N-dealkylation sites (N-methyl/N-ethyl adjacent to an activating group) is 1. The second-order valence-corrected chi connectivity index (χ2v) is 5.32. The summed E-state index contributed by atoms with van der Waals surface area (Å²) in [7, 11) is 3.01. The molecule has 0 radical (unpaired) electrons. The Hall–Kier alpha value is -2.37. The molecule has 114 valence electrons. The van der Waals surface area contributed by atoms with Crippen molar-refractivity contribution < 1.29 is 19.7 Å². The fourth-order valence-corrected chi connectivity index (χ4v) is 2.88. The molecule has 2 N–H and O–H groups in total. The number of hydrogen-bond donors (Lipinski definition) is 2. The van der Waals surface area contributed by atoms with Gasteiger partial charge in [0.05, 0.1) is 7.11 Å². The first-order valence-electron chi connectivity index (χ1n) is 6.92. The molecule has 5 nitrogen and oxygen atoms in total. The van der Waals surface area contributed by atoms with Crippen LogP contribution in [0.5, 0.6) is 5.75 Å². The maximum atomic E-state index is 12.3. The van der Waals surface area contributed by atoms with Gasteiger partial charge < -0.3 is 19.8 Å². The van der Waals surface area contributed by atoms with Gasteiger partial charge in [-0.2, -0.15) is 0 Å².